The molecule has 0 radical (unpaired) electrons. The highest BCUT2D eigenvalue weighted by Gasteiger charge is 2.26. The Balaban J connectivity index is 2.02. The van der Waals surface area contributed by atoms with Crippen LogP contribution in [0.4, 0.5) is 0 Å². The van der Waals surface area contributed by atoms with Gasteiger partial charge >= 0.3 is 0 Å². The minimum absolute atomic E-state index is 0.213. The van der Waals surface area contributed by atoms with Crippen molar-refractivity contribution in [1.82, 2.24) is 0 Å². The smallest absolute Gasteiger partial charge is 0.0618 e. The van der Waals surface area contributed by atoms with E-state index in [0.717, 1.165) is 19.3 Å². The van der Waals surface area contributed by atoms with Crippen molar-refractivity contribution in [2.45, 2.75) is 51.0 Å². The summed E-state index contributed by atoms with van der Waals surface area (Å²) in [5, 5.41) is 12.4. The number of hydrogen-bond donors (Lipinski definition) is 1. The number of aryl methyl sites for hydroxylation is 1. The number of rotatable bonds is 3. The van der Waals surface area contributed by atoms with E-state index >= 15 is 0 Å². The second-order valence-corrected chi connectivity index (χ2v) is 5.33. The molecule has 2 unspecified atom stereocenters. The Morgan fingerprint density at radius 3 is 3.31 bits per heavy atom. The first-order valence-corrected chi connectivity index (χ1v) is 6.85. The maximum atomic E-state index is 10.2. The first-order chi connectivity index (χ1) is 7.83. The van der Waals surface area contributed by atoms with Gasteiger partial charge in [0.1, 0.15) is 0 Å². The molecule has 2 heteroatoms. The van der Waals surface area contributed by atoms with Gasteiger partial charge in [0.15, 0.2) is 0 Å². The monoisotopic (exact) mass is 234 g/mol. The van der Waals surface area contributed by atoms with E-state index < -0.39 is 0 Å². The summed E-state index contributed by atoms with van der Waals surface area (Å²) >= 11 is 1.84. The second kappa shape index (κ2) is 5.52. The third kappa shape index (κ3) is 2.48. The van der Waals surface area contributed by atoms with Crippen molar-refractivity contribution < 1.29 is 5.11 Å². The van der Waals surface area contributed by atoms with Gasteiger partial charge in [0.2, 0.25) is 0 Å². The van der Waals surface area contributed by atoms with Gasteiger partial charge in [-0.1, -0.05) is 0 Å². The molecule has 0 amide bonds. The van der Waals surface area contributed by atoms with E-state index in [1.54, 1.807) is 0 Å². The molecule has 1 heterocycles. The molecule has 0 saturated carbocycles. The summed E-state index contributed by atoms with van der Waals surface area (Å²) in [6.45, 7) is 1.85. The van der Waals surface area contributed by atoms with Gasteiger partial charge in [-0.25, -0.2) is 0 Å². The Hall–Kier alpha value is -0.780. The zero-order chi connectivity index (χ0) is 11.4. The van der Waals surface area contributed by atoms with Gasteiger partial charge in [0.05, 0.1) is 6.10 Å². The molecule has 0 aliphatic heterocycles. The summed E-state index contributed by atoms with van der Waals surface area (Å²) in [7, 11) is 0. The van der Waals surface area contributed by atoms with Gasteiger partial charge in [-0.3, -0.25) is 0 Å². The van der Waals surface area contributed by atoms with Crippen LogP contribution in [-0.2, 0) is 6.42 Å². The predicted molar refractivity (Wildman–Crippen MR) is 68.7 cm³/mol. The van der Waals surface area contributed by atoms with Crippen LogP contribution in [0.2, 0.25) is 0 Å². The highest BCUT2D eigenvalue weighted by Crippen LogP contribution is 2.37. The molecule has 0 aromatic carbocycles. The molecule has 1 nitrogen and oxygen atoms in total. The summed E-state index contributed by atoms with van der Waals surface area (Å²) in [6, 6.07) is 2.19. The van der Waals surface area contributed by atoms with Gasteiger partial charge in [-0.2, -0.15) is 0 Å². The van der Waals surface area contributed by atoms with E-state index in [1.807, 2.05) is 18.3 Å². The quantitative estimate of drug-likeness (QED) is 0.795. The van der Waals surface area contributed by atoms with Crippen LogP contribution in [0.5, 0.6) is 0 Å². The standard InChI is InChI=1S/C14H18OS/c1-2-3-4-7-13(15)11-6-5-8-14-12(11)9-10-16-14/h9-11,13,15H,4-8H2,1H3. The number of aliphatic hydroxyl groups excluding tert-OH is 1. The van der Waals surface area contributed by atoms with Crippen LogP contribution in [-0.4, -0.2) is 11.2 Å². The van der Waals surface area contributed by atoms with Crippen LogP contribution < -0.4 is 0 Å². The normalized spacial score (nSPS) is 20.8. The molecule has 0 fully saturated rings. The SMILES string of the molecule is CC#CCCC(O)C1CCCc2sccc21. The van der Waals surface area contributed by atoms with E-state index in [1.165, 1.54) is 23.3 Å². The van der Waals surface area contributed by atoms with Crippen molar-refractivity contribution >= 4 is 11.3 Å². The second-order valence-electron chi connectivity index (χ2n) is 4.33. The highest BCUT2D eigenvalue weighted by molar-refractivity contribution is 7.10. The maximum Gasteiger partial charge on any atom is 0.0618 e. The summed E-state index contributed by atoms with van der Waals surface area (Å²) in [6.07, 6.45) is 4.95. The average molecular weight is 234 g/mol. The van der Waals surface area contributed by atoms with Crippen LogP contribution in [0, 0.1) is 11.8 Å². The lowest BCUT2D eigenvalue weighted by atomic mass is 9.82. The Kier molecular flexibility index (Phi) is 4.04. The third-order valence-corrected chi connectivity index (χ3v) is 4.30. The van der Waals surface area contributed by atoms with Crippen molar-refractivity contribution in [2.75, 3.05) is 0 Å². The Bertz CT molecular complexity index is 396. The molecule has 0 spiro atoms. The summed E-state index contributed by atoms with van der Waals surface area (Å²) < 4.78 is 0. The highest BCUT2D eigenvalue weighted by atomic mass is 32.1. The molecule has 0 saturated heterocycles. The lowest BCUT2D eigenvalue weighted by Gasteiger charge is -2.26. The van der Waals surface area contributed by atoms with Gasteiger partial charge in [-0.15, -0.1) is 23.2 Å². The van der Waals surface area contributed by atoms with Crippen LogP contribution in [0.15, 0.2) is 11.4 Å². The van der Waals surface area contributed by atoms with Gasteiger partial charge in [0.25, 0.3) is 0 Å². The molecule has 1 aromatic heterocycles. The molecule has 1 N–H and O–H groups in total. The third-order valence-electron chi connectivity index (χ3n) is 3.30. The number of thiophene rings is 1. The van der Waals surface area contributed by atoms with E-state index in [2.05, 4.69) is 23.3 Å². The van der Waals surface area contributed by atoms with Crippen LogP contribution in [0.3, 0.4) is 0 Å². The minimum Gasteiger partial charge on any atom is -0.392 e. The van der Waals surface area contributed by atoms with E-state index in [-0.39, 0.29) is 6.10 Å². The zero-order valence-electron chi connectivity index (χ0n) is 9.70. The average Bonchev–Trinajstić information content (AvgIpc) is 2.76. The maximum absolute atomic E-state index is 10.2. The van der Waals surface area contributed by atoms with E-state index in [0.29, 0.717) is 5.92 Å². The fourth-order valence-electron chi connectivity index (χ4n) is 2.47. The van der Waals surface area contributed by atoms with Crippen molar-refractivity contribution in [2.24, 2.45) is 0 Å². The number of hydrogen-bond acceptors (Lipinski definition) is 2. The largest absolute Gasteiger partial charge is 0.392 e. The van der Waals surface area contributed by atoms with E-state index in [4.69, 9.17) is 0 Å². The molecule has 1 aromatic rings. The van der Waals surface area contributed by atoms with Gasteiger partial charge < -0.3 is 5.11 Å². The molecule has 86 valence electrons. The van der Waals surface area contributed by atoms with Crippen LogP contribution in [0.25, 0.3) is 0 Å². The molecular formula is C14H18OS. The Morgan fingerprint density at radius 1 is 1.62 bits per heavy atom. The first-order valence-electron chi connectivity index (χ1n) is 5.97. The topological polar surface area (TPSA) is 20.2 Å². The molecule has 1 aliphatic carbocycles. The fourth-order valence-corrected chi connectivity index (χ4v) is 3.46. The minimum atomic E-state index is -0.213. The first kappa shape index (κ1) is 11.7. The van der Waals surface area contributed by atoms with Crippen molar-refractivity contribution in [3.63, 3.8) is 0 Å². The van der Waals surface area contributed by atoms with Crippen molar-refractivity contribution in [3.05, 3.63) is 21.9 Å². The molecule has 1 aliphatic rings. The van der Waals surface area contributed by atoms with Crippen molar-refractivity contribution in [3.8, 4) is 11.8 Å². The zero-order valence-corrected chi connectivity index (χ0v) is 10.5. The lowest BCUT2D eigenvalue weighted by molar-refractivity contribution is 0.127. The van der Waals surface area contributed by atoms with Crippen LogP contribution in [0.1, 0.15) is 49.0 Å². The molecule has 2 rings (SSSR count). The fraction of sp³-hybridized carbons (Fsp3) is 0.571. The Morgan fingerprint density at radius 2 is 2.50 bits per heavy atom. The molecule has 0 bridgehead atoms. The molecule has 2 atom stereocenters. The summed E-state index contributed by atoms with van der Waals surface area (Å²) in [5.74, 6) is 6.26. The van der Waals surface area contributed by atoms with E-state index in [9.17, 15) is 5.11 Å². The predicted octanol–water partition coefficient (Wildman–Crippen LogP) is 3.33. The lowest BCUT2D eigenvalue weighted by Crippen LogP contribution is -2.21. The van der Waals surface area contributed by atoms with Crippen molar-refractivity contribution in [1.29, 1.82) is 0 Å². The van der Waals surface area contributed by atoms with Gasteiger partial charge in [0, 0.05) is 17.2 Å². The summed E-state index contributed by atoms with van der Waals surface area (Å²) in [4.78, 5) is 1.48. The Labute approximate surface area is 102 Å². The number of fused-ring (bicyclic) bond motifs is 1. The number of aliphatic hydroxyl groups is 1. The summed E-state index contributed by atoms with van der Waals surface area (Å²) in [5.41, 5.74) is 1.40. The molecular weight excluding hydrogens is 216 g/mol. The molecule has 16 heavy (non-hydrogen) atoms. The van der Waals surface area contributed by atoms with Gasteiger partial charge in [-0.05, 0) is 49.6 Å². The van der Waals surface area contributed by atoms with Crippen LogP contribution >= 0.6 is 11.3 Å².